The van der Waals surface area contributed by atoms with Gasteiger partial charge in [0.05, 0.1) is 18.8 Å². The minimum Gasteiger partial charge on any atom is -0.438 e. The van der Waals surface area contributed by atoms with E-state index >= 15 is 0 Å². The molecule has 1 amide bonds. The monoisotopic (exact) mass is 485 g/mol. The zero-order valence-electron chi connectivity index (χ0n) is 19.1. The van der Waals surface area contributed by atoms with Crippen LogP contribution in [0, 0.1) is 17.5 Å². The number of hydrogen-bond donors (Lipinski definition) is 2. The number of hydrogen-bond acceptors (Lipinski definition) is 4. The van der Waals surface area contributed by atoms with Crippen LogP contribution in [0.25, 0.3) is 11.1 Å². The molecular weight excluding hydrogens is 459 g/mol. The van der Waals surface area contributed by atoms with Crippen LogP contribution < -0.4 is 0 Å². The number of amides is 1. The first-order chi connectivity index (χ1) is 16.7. The van der Waals surface area contributed by atoms with Gasteiger partial charge in [0.1, 0.15) is 23.1 Å². The molecule has 3 atom stereocenters. The number of benzene rings is 3. The fraction of sp³-hybridized carbons (Fsp3) is 0.296. The molecule has 0 spiro atoms. The summed E-state index contributed by atoms with van der Waals surface area (Å²) in [5.41, 5.74) is 0.978. The second-order valence-electron chi connectivity index (χ2n) is 8.78. The Morgan fingerprint density at radius 3 is 2.26 bits per heavy atom. The lowest BCUT2D eigenvalue weighted by molar-refractivity contribution is -0.0892. The van der Waals surface area contributed by atoms with E-state index in [1.807, 2.05) is 6.92 Å². The first-order valence-electron chi connectivity index (χ1n) is 11.3. The first kappa shape index (κ1) is 24.8. The molecule has 8 heteroatoms. The fourth-order valence-electron chi connectivity index (χ4n) is 4.53. The van der Waals surface area contributed by atoms with Gasteiger partial charge in [-0.15, -0.1) is 0 Å². The summed E-state index contributed by atoms with van der Waals surface area (Å²) in [7, 11) is 0. The Morgan fingerprint density at radius 2 is 1.66 bits per heavy atom. The molecule has 2 N–H and O–H groups in total. The number of carbonyl (C=O) groups excluding carboxylic acids is 1. The van der Waals surface area contributed by atoms with Crippen molar-refractivity contribution in [3.63, 3.8) is 0 Å². The van der Waals surface area contributed by atoms with E-state index in [-0.39, 0.29) is 18.0 Å². The van der Waals surface area contributed by atoms with Crippen LogP contribution >= 0.6 is 0 Å². The molecule has 0 bridgehead atoms. The maximum atomic E-state index is 14.1. The van der Waals surface area contributed by atoms with Crippen molar-refractivity contribution in [3.8, 4) is 11.1 Å². The van der Waals surface area contributed by atoms with Gasteiger partial charge in [-0.05, 0) is 47.9 Å². The summed E-state index contributed by atoms with van der Waals surface area (Å²) in [6.45, 7) is 1.63. The van der Waals surface area contributed by atoms with Crippen LogP contribution in [0.4, 0.5) is 18.0 Å². The van der Waals surface area contributed by atoms with Crippen molar-refractivity contribution < 1.29 is 32.9 Å². The summed E-state index contributed by atoms with van der Waals surface area (Å²) in [6.07, 6.45) is -1.42. The van der Waals surface area contributed by atoms with Crippen LogP contribution in [0.2, 0.25) is 0 Å². The summed E-state index contributed by atoms with van der Waals surface area (Å²) >= 11 is 0. The third kappa shape index (κ3) is 5.18. The molecular formula is C27H26F3NO4. The number of carbonyl (C=O) groups is 1. The van der Waals surface area contributed by atoms with Crippen molar-refractivity contribution in [2.75, 3.05) is 13.2 Å². The predicted octanol–water partition coefficient (Wildman–Crippen LogP) is 5.31. The second kappa shape index (κ2) is 10.1. The van der Waals surface area contributed by atoms with Gasteiger partial charge in [0.25, 0.3) is 0 Å². The van der Waals surface area contributed by atoms with Gasteiger partial charge in [-0.25, -0.2) is 18.0 Å². The van der Waals surface area contributed by atoms with Gasteiger partial charge in [-0.3, -0.25) is 0 Å². The molecule has 184 valence electrons. The quantitative estimate of drug-likeness (QED) is 0.476. The molecule has 0 saturated carbocycles. The topological polar surface area (TPSA) is 70.0 Å². The number of nitrogens with zero attached hydrogens (tertiary/aromatic N) is 1. The van der Waals surface area contributed by atoms with Crippen molar-refractivity contribution in [2.24, 2.45) is 0 Å². The molecule has 1 fully saturated rings. The molecule has 0 aromatic heterocycles. The molecule has 35 heavy (non-hydrogen) atoms. The average molecular weight is 486 g/mol. The molecule has 3 unspecified atom stereocenters. The van der Waals surface area contributed by atoms with Gasteiger partial charge in [-0.2, -0.15) is 0 Å². The van der Waals surface area contributed by atoms with E-state index in [9.17, 15) is 28.2 Å². The Labute approximate surface area is 201 Å². The van der Waals surface area contributed by atoms with Gasteiger partial charge in [0.2, 0.25) is 0 Å². The number of ether oxygens (including phenoxy) is 1. The van der Waals surface area contributed by atoms with Crippen LogP contribution in [-0.2, 0) is 10.3 Å². The molecule has 5 nitrogen and oxygen atoms in total. The third-order valence-electron chi connectivity index (χ3n) is 6.52. The molecule has 4 rings (SSSR count). The fourth-order valence-corrected chi connectivity index (χ4v) is 4.53. The van der Waals surface area contributed by atoms with E-state index in [2.05, 4.69) is 0 Å². The summed E-state index contributed by atoms with van der Waals surface area (Å²) in [6, 6.07) is 15.5. The summed E-state index contributed by atoms with van der Waals surface area (Å²) in [5.74, 6) is -1.75. The Kier molecular flexibility index (Phi) is 7.14. The highest BCUT2D eigenvalue weighted by molar-refractivity contribution is 5.70. The Balaban J connectivity index is 1.53. The highest BCUT2D eigenvalue weighted by Gasteiger charge is 2.44. The number of cyclic esters (lactones) is 1. The Hall–Kier alpha value is -3.36. The molecule has 3 aromatic carbocycles. The van der Waals surface area contributed by atoms with Crippen molar-refractivity contribution in [1.82, 2.24) is 4.90 Å². The largest absolute Gasteiger partial charge is 0.438 e. The molecule has 1 aliphatic rings. The Morgan fingerprint density at radius 1 is 1.00 bits per heavy atom. The maximum Gasteiger partial charge on any atom is 0.411 e. The van der Waals surface area contributed by atoms with E-state index in [4.69, 9.17) is 4.74 Å². The smallest absolute Gasteiger partial charge is 0.411 e. The van der Waals surface area contributed by atoms with Crippen molar-refractivity contribution in [2.45, 2.75) is 37.5 Å². The third-order valence-corrected chi connectivity index (χ3v) is 6.52. The van der Waals surface area contributed by atoms with Gasteiger partial charge >= 0.3 is 6.09 Å². The normalized spacial score (nSPS) is 19.8. The molecule has 1 aliphatic heterocycles. The lowest BCUT2D eigenvalue weighted by atomic mass is 9.83. The van der Waals surface area contributed by atoms with Crippen molar-refractivity contribution in [1.29, 1.82) is 0 Å². The van der Waals surface area contributed by atoms with E-state index in [1.54, 1.807) is 29.2 Å². The van der Waals surface area contributed by atoms with Crippen LogP contribution in [0.5, 0.6) is 0 Å². The number of aliphatic hydroxyl groups excluding tert-OH is 2. The highest BCUT2D eigenvalue weighted by atomic mass is 19.1. The molecule has 0 aliphatic carbocycles. The lowest BCUT2D eigenvalue weighted by Gasteiger charge is -2.44. The van der Waals surface area contributed by atoms with E-state index in [0.717, 1.165) is 11.6 Å². The van der Waals surface area contributed by atoms with Crippen molar-refractivity contribution >= 4 is 6.09 Å². The van der Waals surface area contributed by atoms with Crippen LogP contribution in [0.15, 0.2) is 66.7 Å². The van der Waals surface area contributed by atoms with Gasteiger partial charge in [0, 0.05) is 31.0 Å². The minimum absolute atomic E-state index is 0.0268. The molecule has 0 radical (unpaired) electrons. The van der Waals surface area contributed by atoms with Gasteiger partial charge in [-0.1, -0.05) is 36.4 Å². The summed E-state index contributed by atoms with van der Waals surface area (Å²) in [4.78, 5) is 14.6. The van der Waals surface area contributed by atoms with Crippen LogP contribution in [0.1, 0.15) is 36.9 Å². The zero-order valence-corrected chi connectivity index (χ0v) is 19.1. The first-order valence-corrected chi connectivity index (χ1v) is 11.3. The molecule has 3 aromatic rings. The SMILES string of the molecule is CC(c1ccc(-c2ccc(F)cc2F)cc1)N1CCC(CC(O)CO)(c2ccc(F)cc2)OC1=O. The Bertz CT molecular complexity index is 1190. The standard InChI is InChI=1S/C27H26F3NO4/c1-17(18-2-4-19(5-3-18)24-11-10-22(29)14-25(24)30)31-13-12-27(35-26(31)34,15-23(33)16-32)20-6-8-21(28)9-7-20/h2-11,14,17,23,32-33H,12-13,15-16H2,1H3. The zero-order chi connectivity index (χ0) is 25.2. The lowest BCUT2D eigenvalue weighted by Crippen LogP contribution is -2.50. The van der Waals surface area contributed by atoms with Crippen molar-refractivity contribution in [3.05, 3.63) is 95.3 Å². The minimum atomic E-state index is -1.20. The number of halogens is 3. The molecule has 1 saturated heterocycles. The number of rotatable bonds is 7. The predicted molar refractivity (Wildman–Crippen MR) is 124 cm³/mol. The van der Waals surface area contributed by atoms with E-state index < -0.39 is 41.9 Å². The van der Waals surface area contributed by atoms with Gasteiger partial charge < -0.3 is 19.8 Å². The maximum absolute atomic E-state index is 14.1. The van der Waals surface area contributed by atoms with Crippen LogP contribution in [-0.4, -0.2) is 40.5 Å². The highest BCUT2D eigenvalue weighted by Crippen LogP contribution is 2.40. The van der Waals surface area contributed by atoms with E-state index in [1.165, 1.54) is 36.4 Å². The second-order valence-corrected chi connectivity index (χ2v) is 8.78. The van der Waals surface area contributed by atoms with Gasteiger partial charge in [0.15, 0.2) is 0 Å². The average Bonchev–Trinajstić information content (AvgIpc) is 2.84. The van der Waals surface area contributed by atoms with E-state index in [0.29, 0.717) is 24.1 Å². The number of aliphatic hydroxyl groups is 2. The van der Waals surface area contributed by atoms with Crippen LogP contribution in [0.3, 0.4) is 0 Å². The summed E-state index contributed by atoms with van der Waals surface area (Å²) < 4.78 is 46.7. The summed E-state index contributed by atoms with van der Waals surface area (Å²) in [5, 5.41) is 19.5. The molecule has 1 heterocycles.